The van der Waals surface area contributed by atoms with Crippen LogP contribution in [0, 0.1) is 5.82 Å². The number of fused-ring (bicyclic) bond motifs is 1. The Morgan fingerprint density at radius 1 is 1.06 bits per heavy atom. The Kier molecular flexibility index (Phi) is 6.01. The van der Waals surface area contributed by atoms with E-state index in [4.69, 9.17) is 0 Å². The second-order valence-corrected chi connectivity index (χ2v) is 10.3. The lowest BCUT2D eigenvalue weighted by molar-refractivity contribution is 0.0933. The Labute approximate surface area is 185 Å². The van der Waals surface area contributed by atoms with Crippen LogP contribution in [0.3, 0.4) is 0 Å². The normalized spacial score (nSPS) is 16.1. The number of carbonyl (C=O) groups is 2. The third-order valence-electron chi connectivity index (χ3n) is 5.79. The fraction of sp³-hybridized carbons (Fsp3) is 0.304. The van der Waals surface area contributed by atoms with E-state index in [1.807, 2.05) is 12.1 Å². The zero-order valence-corrected chi connectivity index (χ0v) is 18.4. The van der Waals surface area contributed by atoms with E-state index in [2.05, 4.69) is 10.6 Å². The highest BCUT2D eigenvalue weighted by Crippen LogP contribution is 2.26. The van der Waals surface area contributed by atoms with Gasteiger partial charge in [-0.05, 0) is 42.7 Å². The van der Waals surface area contributed by atoms with Crippen LogP contribution in [0.25, 0.3) is 10.9 Å². The van der Waals surface area contributed by atoms with Crippen molar-refractivity contribution in [2.45, 2.75) is 25.4 Å². The monoisotopic (exact) mass is 457 g/mol. The third kappa shape index (κ3) is 4.52. The summed E-state index contributed by atoms with van der Waals surface area (Å²) < 4.78 is 39.8. The second-order valence-electron chi connectivity index (χ2n) is 7.98. The Hall–Kier alpha value is -3.20. The minimum atomic E-state index is -3.04. The van der Waals surface area contributed by atoms with Crippen molar-refractivity contribution < 1.29 is 22.4 Å². The molecule has 4 rings (SSSR count). The molecule has 0 bridgehead atoms. The van der Waals surface area contributed by atoms with Crippen LogP contribution in [0.1, 0.15) is 39.1 Å². The molecule has 2 amide bonds. The Balaban J connectivity index is 1.60. The number of amides is 2. The number of carbonyl (C=O) groups excluding carboxylic acids is 2. The summed E-state index contributed by atoms with van der Waals surface area (Å²) in [5.41, 5.74) is 2.22. The number of sulfone groups is 1. The number of aromatic nitrogens is 1. The summed E-state index contributed by atoms with van der Waals surface area (Å²) in [6, 6.07) is 11.5. The summed E-state index contributed by atoms with van der Waals surface area (Å²) >= 11 is 0. The van der Waals surface area contributed by atoms with Gasteiger partial charge in [0.2, 0.25) is 0 Å². The summed E-state index contributed by atoms with van der Waals surface area (Å²) in [6.07, 6.45) is 2.33. The molecule has 168 valence electrons. The van der Waals surface area contributed by atoms with Crippen LogP contribution in [0.5, 0.6) is 0 Å². The van der Waals surface area contributed by atoms with Crippen molar-refractivity contribution in [2.24, 2.45) is 0 Å². The van der Waals surface area contributed by atoms with Gasteiger partial charge in [0, 0.05) is 36.8 Å². The van der Waals surface area contributed by atoms with E-state index in [0.29, 0.717) is 30.5 Å². The highest BCUT2D eigenvalue weighted by atomic mass is 32.2. The number of hydrogen-bond donors (Lipinski definition) is 2. The molecule has 2 heterocycles. The number of halogens is 1. The molecule has 2 N–H and O–H groups in total. The van der Waals surface area contributed by atoms with Crippen molar-refractivity contribution >= 4 is 32.6 Å². The molecular weight excluding hydrogens is 433 g/mol. The van der Waals surface area contributed by atoms with Crippen molar-refractivity contribution in [2.75, 3.05) is 18.6 Å². The van der Waals surface area contributed by atoms with Crippen LogP contribution in [-0.2, 0) is 16.4 Å². The molecule has 1 aliphatic heterocycles. The zero-order chi connectivity index (χ0) is 22.9. The maximum Gasteiger partial charge on any atom is 0.253 e. The van der Waals surface area contributed by atoms with Crippen LogP contribution in [0.4, 0.5) is 4.39 Å². The number of nitrogens with one attached hydrogen (secondary N) is 2. The van der Waals surface area contributed by atoms with Crippen LogP contribution < -0.4 is 10.6 Å². The molecule has 0 radical (unpaired) electrons. The number of benzene rings is 2. The van der Waals surface area contributed by atoms with Crippen molar-refractivity contribution in [1.82, 2.24) is 15.2 Å². The van der Waals surface area contributed by atoms with Gasteiger partial charge in [-0.2, -0.15) is 0 Å². The van der Waals surface area contributed by atoms with Gasteiger partial charge in [0.25, 0.3) is 11.8 Å². The molecule has 3 aromatic rings. The minimum Gasteiger partial charge on any atom is -0.355 e. The topological polar surface area (TPSA) is 97.3 Å². The van der Waals surface area contributed by atoms with E-state index in [-0.39, 0.29) is 34.4 Å². The maximum atomic E-state index is 14.7. The first-order valence-electron chi connectivity index (χ1n) is 10.4. The number of rotatable bonds is 5. The molecular formula is C23H24FN3O4S. The Morgan fingerprint density at radius 3 is 2.41 bits per heavy atom. The van der Waals surface area contributed by atoms with Gasteiger partial charge >= 0.3 is 0 Å². The Bertz CT molecular complexity index is 1270. The SMILES string of the molecule is CNC(=O)c1ccc(Cn2cc(C(=O)NC3CCS(=O)(=O)CC3)c3c(F)cccc32)cc1. The van der Waals surface area contributed by atoms with Crippen LogP contribution in [-0.4, -0.2) is 49.4 Å². The van der Waals surface area contributed by atoms with E-state index in [1.165, 1.54) is 6.07 Å². The predicted octanol–water partition coefficient (Wildman–Crippen LogP) is 2.50. The van der Waals surface area contributed by atoms with E-state index in [0.717, 1.165) is 5.56 Å². The van der Waals surface area contributed by atoms with E-state index in [9.17, 15) is 22.4 Å². The molecule has 2 aromatic carbocycles. The number of hydrogen-bond acceptors (Lipinski definition) is 4. The first-order chi connectivity index (χ1) is 15.3. The summed E-state index contributed by atoms with van der Waals surface area (Å²) in [7, 11) is -1.47. The summed E-state index contributed by atoms with van der Waals surface area (Å²) in [5.74, 6) is -1.01. The summed E-state index contributed by atoms with van der Waals surface area (Å²) in [5, 5.41) is 5.67. The summed E-state index contributed by atoms with van der Waals surface area (Å²) in [6.45, 7) is 0.392. The van der Waals surface area contributed by atoms with Gasteiger partial charge in [0.15, 0.2) is 0 Å². The van der Waals surface area contributed by atoms with Gasteiger partial charge in [0.05, 0.1) is 22.6 Å². The molecule has 1 fully saturated rings. The fourth-order valence-electron chi connectivity index (χ4n) is 4.01. The zero-order valence-electron chi connectivity index (χ0n) is 17.6. The molecule has 0 spiro atoms. The van der Waals surface area contributed by atoms with Gasteiger partial charge in [-0.3, -0.25) is 9.59 Å². The maximum absolute atomic E-state index is 14.7. The highest BCUT2D eigenvalue weighted by molar-refractivity contribution is 7.91. The molecule has 7 nitrogen and oxygen atoms in total. The van der Waals surface area contributed by atoms with Crippen LogP contribution in [0.2, 0.25) is 0 Å². The van der Waals surface area contributed by atoms with E-state index < -0.39 is 21.6 Å². The first-order valence-corrected chi connectivity index (χ1v) is 12.2. The van der Waals surface area contributed by atoms with Gasteiger partial charge in [-0.25, -0.2) is 12.8 Å². The third-order valence-corrected chi connectivity index (χ3v) is 7.50. The van der Waals surface area contributed by atoms with Crippen molar-refractivity contribution in [3.63, 3.8) is 0 Å². The average Bonchev–Trinajstić information content (AvgIpc) is 3.15. The molecule has 1 aliphatic rings. The smallest absolute Gasteiger partial charge is 0.253 e. The van der Waals surface area contributed by atoms with Crippen molar-refractivity contribution in [1.29, 1.82) is 0 Å². The lowest BCUT2D eigenvalue weighted by Gasteiger charge is -2.22. The molecule has 1 aromatic heterocycles. The Morgan fingerprint density at radius 2 is 1.75 bits per heavy atom. The van der Waals surface area contributed by atoms with E-state index in [1.54, 1.807) is 42.1 Å². The lowest BCUT2D eigenvalue weighted by atomic mass is 10.1. The first kappa shape index (κ1) is 22.0. The van der Waals surface area contributed by atoms with Crippen LogP contribution >= 0.6 is 0 Å². The molecule has 0 aliphatic carbocycles. The summed E-state index contributed by atoms with van der Waals surface area (Å²) in [4.78, 5) is 24.7. The molecule has 0 saturated carbocycles. The quantitative estimate of drug-likeness (QED) is 0.615. The number of nitrogens with zero attached hydrogens (tertiary/aromatic N) is 1. The molecule has 1 saturated heterocycles. The molecule has 0 atom stereocenters. The lowest BCUT2D eigenvalue weighted by Crippen LogP contribution is -2.40. The molecule has 9 heteroatoms. The standard InChI is InChI=1S/C23H24FN3O4S/c1-25-22(28)16-7-5-15(6-8-16)13-27-14-18(21-19(24)3-2-4-20(21)27)23(29)26-17-9-11-32(30,31)12-10-17/h2-8,14,17H,9-13H2,1H3,(H,25,28)(H,26,29). The van der Waals surface area contributed by atoms with Gasteiger partial charge in [0.1, 0.15) is 15.7 Å². The predicted molar refractivity (Wildman–Crippen MR) is 120 cm³/mol. The van der Waals surface area contributed by atoms with Gasteiger partial charge in [-0.15, -0.1) is 0 Å². The second kappa shape index (κ2) is 8.74. The molecule has 32 heavy (non-hydrogen) atoms. The average molecular weight is 458 g/mol. The fourth-order valence-corrected chi connectivity index (χ4v) is 5.50. The minimum absolute atomic E-state index is 0.0418. The van der Waals surface area contributed by atoms with Crippen LogP contribution in [0.15, 0.2) is 48.7 Å². The highest BCUT2D eigenvalue weighted by Gasteiger charge is 2.26. The largest absolute Gasteiger partial charge is 0.355 e. The van der Waals surface area contributed by atoms with Gasteiger partial charge in [-0.1, -0.05) is 18.2 Å². The van der Waals surface area contributed by atoms with Crippen molar-refractivity contribution in [3.8, 4) is 0 Å². The van der Waals surface area contributed by atoms with E-state index >= 15 is 0 Å². The molecule has 0 unspecified atom stereocenters. The van der Waals surface area contributed by atoms with Gasteiger partial charge < -0.3 is 15.2 Å². The van der Waals surface area contributed by atoms with Crippen molar-refractivity contribution in [3.05, 3.63) is 71.2 Å².